The summed E-state index contributed by atoms with van der Waals surface area (Å²) in [5.41, 5.74) is 5.08. The molecule has 0 saturated heterocycles. The van der Waals surface area contributed by atoms with E-state index >= 15 is 0 Å². The summed E-state index contributed by atoms with van der Waals surface area (Å²) in [5.74, 6) is 0.299. The highest BCUT2D eigenvalue weighted by Gasteiger charge is 2.30. The van der Waals surface area contributed by atoms with Crippen LogP contribution in [-0.2, 0) is 6.18 Å². The monoisotopic (exact) mass is 271 g/mol. The van der Waals surface area contributed by atoms with Crippen LogP contribution in [0.3, 0.4) is 0 Å². The average Bonchev–Trinajstić information content (AvgIpc) is 2.70. The average molecular weight is 271 g/mol. The van der Waals surface area contributed by atoms with Gasteiger partial charge in [0.15, 0.2) is 0 Å². The molecule has 0 aliphatic rings. The Labute approximate surface area is 107 Å². The molecule has 2 rings (SSSR count). The molecule has 3 N–H and O–H groups in total. The highest BCUT2D eigenvalue weighted by Crippen LogP contribution is 2.30. The van der Waals surface area contributed by atoms with Crippen molar-refractivity contribution >= 4 is 11.9 Å². The third-order valence-electron chi connectivity index (χ3n) is 2.39. The number of hydrogen-bond donors (Lipinski definition) is 2. The number of benzene rings is 1. The van der Waals surface area contributed by atoms with Gasteiger partial charge in [0.05, 0.1) is 11.3 Å². The van der Waals surface area contributed by atoms with Crippen molar-refractivity contribution in [2.24, 2.45) is 0 Å². The minimum Gasteiger partial charge on any atom is -0.368 e. The van der Waals surface area contributed by atoms with Crippen LogP contribution in [-0.4, -0.2) is 21.3 Å². The standard InChI is InChI=1S/C11H12F3N5/c1-2-16-10-17-9(15)19(18-10)8-5-3-4-7(6-8)11(12,13)14/h3-6H,2H2,1H3,(H3,15,16,17,18). The van der Waals surface area contributed by atoms with Crippen molar-refractivity contribution in [2.45, 2.75) is 13.1 Å². The zero-order chi connectivity index (χ0) is 14.0. The predicted octanol–water partition coefficient (Wildman–Crippen LogP) is 2.30. The number of anilines is 2. The van der Waals surface area contributed by atoms with Crippen LogP contribution in [0.15, 0.2) is 24.3 Å². The van der Waals surface area contributed by atoms with Crippen molar-refractivity contribution in [1.82, 2.24) is 14.8 Å². The smallest absolute Gasteiger partial charge is 0.368 e. The largest absolute Gasteiger partial charge is 0.416 e. The van der Waals surface area contributed by atoms with Crippen LogP contribution in [0.2, 0.25) is 0 Å². The molecule has 2 aromatic rings. The first-order chi connectivity index (χ1) is 8.91. The van der Waals surface area contributed by atoms with Crippen LogP contribution in [0.5, 0.6) is 0 Å². The van der Waals surface area contributed by atoms with Gasteiger partial charge < -0.3 is 11.1 Å². The third kappa shape index (κ3) is 2.78. The maximum Gasteiger partial charge on any atom is 0.416 e. The number of nitrogens with zero attached hydrogens (tertiary/aromatic N) is 3. The van der Waals surface area contributed by atoms with E-state index in [9.17, 15) is 13.2 Å². The summed E-state index contributed by atoms with van der Waals surface area (Å²) < 4.78 is 39.0. The van der Waals surface area contributed by atoms with E-state index in [1.807, 2.05) is 6.92 Å². The molecule has 19 heavy (non-hydrogen) atoms. The Morgan fingerprint density at radius 2 is 2.11 bits per heavy atom. The molecule has 0 aliphatic carbocycles. The summed E-state index contributed by atoms with van der Waals surface area (Å²) in [4.78, 5) is 3.91. The molecular formula is C11H12F3N5. The molecule has 0 radical (unpaired) electrons. The van der Waals surface area contributed by atoms with Gasteiger partial charge in [-0.15, -0.1) is 5.10 Å². The summed E-state index contributed by atoms with van der Waals surface area (Å²) in [6.45, 7) is 2.44. The summed E-state index contributed by atoms with van der Waals surface area (Å²) >= 11 is 0. The SMILES string of the molecule is CCNc1nc(N)n(-c2cccc(C(F)(F)F)c2)n1. The van der Waals surface area contributed by atoms with Crippen LogP contribution < -0.4 is 11.1 Å². The van der Waals surface area contributed by atoms with Crippen LogP contribution in [0, 0.1) is 0 Å². The lowest BCUT2D eigenvalue weighted by atomic mass is 10.2. The molecule has 8 heteroatoms. The second-order valence-corrected chi connectivity index (χ2v) is 3.78. The highest BCUT2D eigenvalue weighted by molar-refractivity contribution is 5.44. The van der Waals surface area contributed by atoms with Crippen molar-refractivity contribution in [3.63, 3.8) is 0 Å². The number of aromatic nitrogens is 3. The van der Waals surface area contributed by atoms with Gasteiger partial charge in [0.25, 0.3) is 0 Å². The lowest BCUT2D eigenvalue weighted by Gasteiger charge is -2.08. The number of hydrogen-bond acceptors (Lipinski definition) is 4. The number of nitrogens with two attached hydrogens (primary N) is 1. The summed E-state index contributed by atoms with van der Waals surface area (Å²) in [6.07, 6.45) is -4.41. The molecule has 1 aromatic carbocycles. The Bertz CT molecular complexity index is 576. The molecule has 0 aliphatic heterocycles. The van der Waals surface area contributed by atoms with E-state index in [1.54, 1.807) is 0 Å². The summed E-state index contributed by atoms with van der Waals surface area (Å²) in [6, 6.07) is 4.74. The Morgan fingerprint density at radius 3 is 2.74 bits per heavy atom. The normalized spacial score (nSPS) is 11.6. The van der Waals surface area contributed by atoms with Gasteiger partial charge in [-0.3, -0.25) is 0 Å². The van der Waals surface area contributed by atoms with Gasteiger partial charge in [0.2, 0.25) is 11.9 Å². The van der Waals surface area contributed by atoms with Crippen LogP contribution in [0.25, 0.3) is 5.69 Å². The van der Waals surface area contributed by atoms with E-state index in [0.717, 1.165) is 16.8 Å². The van der Waals surface area contributed by atoms with E-state index < -0.39 is 11.7 Å². The van der Waals surface area contributed by atoms with E-state index in [2.05, 4.69) is 15.4 Å². The maximum atomic E-state index is 12.6. The number of nitrogens with one attached hydrogen (secondary N) is 1. The van der Waals surface area contributed by atoms with Gasteiger partial charge in [-0.2, -0.15) is 22.8 Å². The van der Waals surface area contributed by atoms with Crippen molar-refractivity contribution in [1.29, 1.82) is 0 Å². The van der Waals surface area contributed by atoms with E-state index in [1.165, 1.54) is 12.1 Å². The third-order valence-corrected chi connectivity index (χ3v) is 2.39. The molecule has 0 atom stereocenters. The fourth-order valence-corrected chi connectivity index (χ4v) is 1.56. The van der Waals surface area contributed by atoms with E-state index in [4.69, 9.17) is 5.73 Å². The van der Waals surface area contributed by atoms with Gasteiger partial charge in [-0.25, -0.2) is 0 Å². The van der Waals surface area contributed by atoms with Crippen LogP contribution in [0.1, 0.15) is 12.5 Å². The number of nitrogen functional groups attached to an aromatic ring is 1. The van der Waals surface area contributed by atoms with Crippen molar-refractivity contribution in [2.75, 3.05) is 17.6 Å². The van der Waals surface area contributed by atoms with Gasteiger partial charge in [0.1, 0.15) is 0 Å². The van der Waals surface area contributed by atoms with Crippen molar-refractivity contribution in [3.05, 3.63) is 29.8 Å². The first kappa shape index (κ1) is 13.2. The van der Waals surface area contributed by atoms with Gasteiger partial charge in [-0.05, 0) is 25.1 Å². The fraction of sp³-hybridized carbons (Fsp3) is 0.273. The molecular weight excluding hydrogens is 259 g/mol. The first-order valence-corrected chi connectivity index (χ1v) is 5.56. The lowest BCUT2D eigenvalue weighted by molar-refractivity contribution is -0.137. The van der Waals surface area contributed by atoms with Crippen LogP contribution in [0.4, 0.5) is 25.1 Å². The minimum atomic E-state index is -4.41. The maximum absolute atomic E-state index is 12.6. The molecule has 1 heterocycles. The van der Waals surface area contributed by atoms with Gasteiger partial charge >= 0.3 is 6.18 Å². The zero-order valence-electron chi connectivity index (χ0n) is 10.1. The Kier molecular flexibility index (Phi) is 3.32. The molecule has 5 nitrogen and oxygen atoms in total. The van der Waals surface area contributed by atoms with Gasteiger partial charge in [-0.1, -0.05) is 6.07 Å². The second-order valence-electron chi connectivity index (χ2n) is 3.78. The Hall–Kier alpha value is -2.25. The minimum absolute atomic E-state index is 0.0234. The molecule has 0 spiro atoms. The molecule has 0 saturated carbocycles. The molecule has 0 unspecified atom stereocenters. The zero-order valence-corrected chi connectivity index (χ0v) is 10.1. The van der Waals surface area contributed by atoms with Crippen molar-refractivity contribution < 1.29 is 13.2 Å². The highest BCUT2D eigenvalue weighted by atomic mass is 19.4. The number of alkyl halides is 3. The quantitative estimate of drug-likeness (QED) is 0.898. The Balaban J connectivity index is 2.42. The van der Waals surface area contributed by atoms with Gasteiger partial charge in [0, 0.05) is 6.54 Å². The number of halogens is 3. The van der Waals surface area contributed by atoms with Crippen LogP contribution >= 0.6 is 0 Å². The lowest BCUT2D eigenvalue weighted by Crippen LogP contribution is -2.08. The first-order valence-electron chi connectivity index (χ1n) is 5.56. The van der Waals surface area contributed by atoms with E-state index in [-0.39, 0.29) is 17.6 Å². The summed E-state index contributed by atoms with van der Waals surface area (Å²) in [5, 5.41) is 6.83. The fourth-order valence-electron chi connectivity index (χ4n) is 1.56. The topological polar surface area (TPSA) is 68.8 Å². The molecule has 102 valence electrons. The summed E-state index contributed by atoms with van der Waals surface area (Å²) in [7, 11) is 0. The molecule has 0 fully saturated rings. The molecule has 0 bridgehead atoms. The molecule has 0 amide bonds. The number of rotatable bonds is 3. The Morgan fingerprint density at radius 1 is 1.37 bits per heavy atom. The van der Waals surface area contributed by atoms with E-state index in [0.29, 0.717) is 6.54 Å². The molecule has 1 aromatic heterocycles. The predicted molar refractivity (Wildman–Crippen MR) is 64.9 cm³/mol. The van der Waals surface area contributed by atoms with Crippen molar-refractivity contribution in [3.8, 4) is 5.69 Å². The second kappa shape index (κ2) is 4.79.